The molecule has 106 valence electrons. The lowest BCUT2D eigenvalue weighted by Gasteiger charge is -2.20. The fraction of sp³-hybridized carbons (Fsp3) is 0.692. The predicted octanol–water partition coefficient (Wildman–Crippen LogP) is -0.261. The summed E-state index contributed by atoms with van der Waals surface area (Å²) < 4.78 is 0. The van der Waals surface area contributed by atoms with E-state index in [1.807, 2.05) is 6.07 Å². The van der Waals surface area contributed by atoms with Gasteiger partial charge >= 0.3 is 0 Å². The van der Waals surface area contributed by atoms with Gasteiger partial charge in [-0.25, -0.2) is 0 Å². The zero-order chi connectivity index (χ0) is 14.1. The van der Waals surface area contributed by atoms with Crippen LogP contribution in [0.25, 0.3) is 0 Å². The Hall–Kier alpha value is -1.58. The van der Waals surface area contributed by atoms with Crippen molar-refractivity contribution in [3.63, 3.8) is 0 Å². The van der Waals surface area contributed by atoms with Crippen LogP contribution in [0, 0.1) is 11.3 Å². The molecule has 6 heteroatoms. The van der Waals surface area contributed by atoms with Crippen LogP contribution in [0.3, 0.4) is 0 Å². The van der Waals surface area contributed by atoms with Crippen LogP contribution in [0.4, 0.5) is 0 Å². The molecule has 3 N–H and O–H groups in total. The van der Waals surface area contributed by atoms with E-state index in [1.54, 1.807) is 0 Å². The van der Waals surface area contributed by atoms with E-state index in [0.717, 1.165) is 12.8 Å². The molecule has 0 aliphatic heterocycles. The van der Waals surface area contributed by atoms with Crippen molar-refractivity contribution in [3.8, 4) is 6.07 Å². The van der Waals surface area contributed by atoms with Gasteiger partial charge in [-0.05, 0) is 12.8 Å². The second-order valence-electron chi connectivity index (χ2n) is 4.56. The molecule has 0 spiro atoms. The van der Waals surface area contributed by atoms with Gasteiger partial charge in [0.25, 0.3) is 5.91 Å². The maximum absolute atomic E-state index is 12.0. The van der Waals surface area contributed by atoms with Gasteiger partial charge in [-0.2, -0.15) is 5.26 Å². The largest absolute Gasteiger partial charge is 0.395 e. The average molecular weight is 267 g/mol. The van der Waals surface area contributed by atoms with Crippen LogP contribution in [-0.4, -0.2) is 53.4 Å². The first-order chi connectivity index (χ1) is 9.22. The summed E-state index contributed by atoms with van der Waals surface area (Å²) in [6.07, 6.45) is 5.91. The summed E-state index contributed by atoms with van der Waals surface area (Å²) in [4.78, 5) is 13.3. The quantitative estimate of drug-likeness (QED) is 0.436. The second-order valence-corrected chi connectivity index (χ2v) is 4.56. The zero-order valence-corrected chi connectivity index (χ0v) is 11.0. The third-order valence-corrected chi connectivity index (χ3v) is 3.20. The Morgan fingerprint density at radius 1 is 1.32 bits per heavy atom. The van der Waals surface area contributed by atoms with E-state index in [9.17, 15) is 4.79 Å². The molecule has 19 heavy (non-hydrogen) atoms. The molecule has 0 aromatic heterocycles. The fourth-order valence-electron chi connectivity index (χ4n) is 2.16. The maximum atomic E-state index is 12.0. The molecular formula is C13H21N3O3. The highest BCUT2D eigenvalue weighted by Gasteiger charge is 2.19. The van der Waals surface area contributed by atoms with Crippen LogP contribution in [0.1, 0.15) is 25.7 Å². The first-order valence-electron chi connectivity index (χ1n) is 6.60. The molecule has 1 saturated carbocycles. The van der Waals surface area contributed by atoms with Crippen molar-refractivity contribution < 1.29 is 15.0 Å². The van der Waals surface area contributed by atoms with Gasteiger partial charge in [0, 0.05) is 25.3 Å². The second kappa shape index (κ2) is 8.51. The minimum atomic E-state index is -0.462. The van der Waals surface area contributed by atoms with Crippen molar-refractivity contribution in [1.82, 2.24) is 10.2 Å². The lowest BCUT2D eigenvalue weighted by Crippen LogP contribution is -2.37. The average Bonchev–Trinajstić information content (AvgIpc) is 2.92. The van der Waals surface area contributed by atoms with Crippen molar-refractivity contribution in [2.24, 2.45) is 0 Å². The normalized spacial score (nSPS) is 16.2. The highest BCUT2D eigenvalue weighted by Crippen LogP contribution is 2.17. The van der Waals surface area contributed by atoms with Crippen molar-refractivity contribution >= 4 is 5.91 Å². The lowest BCUT2D eigenvalue weighted by molar-refractivity contribution is -0.127. The van der Waals surface area contributed by atoms with E-state index < -0.39 is 5.91 Å². The van der Waals surface area contributed by atoms with Crippen LogP contribution in [0.5, 0.6) is 0 Å². The third-order valence-electron chi connectivity index (χ3n) is 3.20. The van der Waals surface area contributed by atoms with E-state index in [1.165, 1.54) is 23.9 Å². The lowest BCUT2D eigenvalue weighted by atomic mass is 10.2. The highest BCUT2D eigenvalue weighted by molar-refractivity contribution is 5.97. The molecular weight excluding hydrogens is 246 g/mol. The first-order valence-corrected chi connectivity index (χ1v) is 6.60. The zero-order valence-electron chi connectivity index (χ0n) is 11.0. The molecule has 0 atom stereocenters. The van der Waals surface area contributed by atoms with E-state index in [2.05, 4.69) is 5.32 Å². The Morgan fingerprint density at radius 3 is 2.37 bits per heavy atom. The molecule has 0 saturated heterocycles. The van der Waals surface area contributed by atoms with Crippen LogP contribution in [0.2, 0.25) is 0 Å². The molecule has 0 heterocycles. The van der Waals surface area contributed by atoms with Gasteiger partial charge in [0.05, 0.1) is 13.2 Å². The summed E-state index contributed by atoms with van der Waals surface area (Å²) in [5.74, 6) is -0.462. The number of nitriles is 1. The number of amides is 1. The molecule has 1 aliphatic carbocycles. The number of hydrogen-bond donors (Lipinski definition) is 3. The monoisotopic (exact) mass is 267 g/mol. The fourth-order valence-corrected chi connectivity index (χ4v) is 2.16. The van der Waals surface area contributed by atoms with E-state index in [-0.39, 0.29) is 31.9 Å². The van der Waals surface area contributed by atoms with Gasteiger partial charge in [0.2, 0.25) is 0 Å². The van der Waals surface area contributed by atoms with Crippen molar-refractivity contribution in [2.75, 3.05) is 26.3 Å². The Balaban J connectivity index is 2.62. The smallest absolute Gasteiger partial charge is 0.266 e. The van der Waals surface area contributed by atoms with Crippen LogP contribution >= 0.6 is 0 Å². The SMILES string of the molecule is N#C/C(=C/NC1CCCC1)C(=O)N(CCO)CCO. The number of carbonyl (C=O) groups excluding carboxylic acids is 1. The summed E-state index contributed by atoms with van der Waals surface area (Å²) in [6, 6.07) is 2.20. The predicted molar refractivity (Wildman–Crippen MR) is 69.8 cm³/mol. The minimum absolute atomic E-state index is 0.00815. The molecule has 1 rings (SSSR count). The van der Waals surface area contributed by atoms with Crippen molar-refractivity contribution in [3.05, 3.63) is 11.8 Å². The molecule has 1 fully saturated rings. The van der Waals surface area contributed by atoms with E-state index in [4.69, 9.17) is 15.5 Å². The van der Waals surface area contributed by atoms with Crippen LogP contribution in [0.15, 0.2) is 11.8 Å². The van der Waals surface area contributed by atoms with Crippen LogP contribution in [-0.2, 0) is 4.79 Å². The van der Waals surface area contributed by atoms with Gasteiger partial charge in [-0.1, -0.05) is 12.8 Å². The molecule has 1 amide bonds. The molecule has 0 bridgehead atoms. The number of nitrogens with one attached hydrogen (secondary N) is 1. The van der Waals surface area contributed by atoms with Gasteiger partial charge in [-0.3, -0.25) is 4.79 Å². The Kier molecular flexibility index (Phi) is 6.93. The number of aliphatic hydroxyl groups excluding tert-OH is 2. The van der Waals surface area contributed by atoms with Gasteiger partial charge in [0.1, 0.15) is 11.6 Å². The number of hydrogen-bond acceptors (Lipinski definition) is 5. The van der Waals surface area contributed by atoms with Gasteiger partial charge < -0.3 is 20.4 Å². The summed E-state index contributed by atoms with van der Waals surface area (Å²) in [5.41, 5.74) is 0.00815. The Labute approximate surface area is 113 Å². The number of nitrogens with zero attached hydrogens (tertiary/aromatic N) is 2. The van der Waals surface area contributed by atoms with Crippen molar-refractivity contribution in [1.29, 1.82) is 5.26 Å². The summed E-state index contributed by atoms with van der Waals surface area (Å²) in [6.45, 7) is -0.162. The first kappa shape index (κ1) is 15.5. The molecule has 1 aliphatic rings. The Morgan fingerprint density at radius 2 is 1.89 bits per heavy atom. The maximum Gasteiger partial charge on any atom is 0.266 e. The molecule has 0 radical (unpaired) electrons. The minimum Gasteiger partial charge on any atom is -0.395 e. The molecule has 0 unspecified atom stereocenters. The Bertz CT molecular complexity index is 351. The highest BCUT2D eigenvalue weighted by atomic mass is 16.3. The third kappa shape index (κ3) is 4.89. The van der Waals surface area contributed by atoms with E-state index >= 15 is 0 Å². The summed E-state index contributed by atoms with van der Waals surface area (Å²) in [7, 11) is 0. The standard InChI is InChI=1S/C13H21N3O3/c14-9-11(10-15-12-3-1-2-4-12)13(19)16(5-7-17)6-8-18/h10,12,15,17-18H,1-8H2/b11-10-. The number of rotatable bonds is 7. The summed E-state index contributed by atoms with van der Waals surface area (Å²) in [5, 5.41) is 29.9. The number of carbonyl (C=O) groups is 1. The topological polar surface area (TPSA) is 96.6 Å². The number of aliphatic hydroxyl groups is 2. The molecule has 0 aromatic rings. The van der Waals surface area contributed by atoms with Crippen molar-refractivity contribution in [2.45, 2.75) is 31.7 Å². The van der Waals surface area contributed by atoms with Gasteiger partial charge in [0.15, 0.2) is 0 Å². The molecule has 0 aromatic carbocycles. The molecule has 6 nitrogen and oxygen atoms in total. The van der Waals surface area contributed by atoms with Crippen LogP contribution < -0.4 is 5.32 Å². The van der Waals surface area contributed by atoms with Gasteiger partial charge in [-0.15, -0.1) is 0 Å². The van der Waals surface area contributed by atoms with E-state index in [0.29, 0.717) is 6.04 Å². The summed E-state index contributed by atoms with van der Waals surface area (Å²) >= 11 is 0.